The summed E-state index contributed by atoms with van der Waals surface area (Å²) >= 11 is 1.02. The van der Waals surface area contributed by atoms with E-state index in [-0.39, 0.29) is 4.88 Å². The van der Waals surface area contributed by atoms with Crippen LogP contribution in [0.2, 0.25) is 0 Å². The van der Waals surface area contributed by atoms with Crippen LogP contribution < -0.4 is 5.32 Å². The van der Waals surface area contributed by atoms with Crippen LogP contribution in [0.4, 0.5) is 17.6 Å². The second kappa shape index (κ2) is 4.27. The first-order valence-corrected chi connectivity index (χ1v) is 4.74. The van der Waals surface area contributed by atoms with Crippen molar-refractivity contribution in [1.29, 1.82) is 0 Å². The molecule has 0 fully saturated rings. The zero-order chi connectivity index (χ0) is 10.8. The molecule has 6 heteroatoms. The minimum absolute atomic E-state index is 0.206. The monoisotopic (exact) mass is 227 g/mol. The van der Waals surface area contributed by atoms with Crippen molar-refractivity contribution in [2.75, 3.05) is 7.05 Å². The molecule has 1 unspecified atom stereocenters. The van der Waals surface area contributed by atoms with Crippen molar-refractivity contribution in [3.05, 3.63) is 22.4 Å². The van der Waals surface area contributed by atoms with Crippen molar-refractivity contribution < 1.29 is 17.6 Å². The molecule has 0 aromatic carbocycles. The van der Waals surface area contributed by atoms with E-state index in [4.69, 9.17) is 0 Å². The first kappa shape index (κ1) is 11.5. The third-order valence-corrected chi connectivity index (χ3v) is 2.73. The van der Waals surface area contributed by atoms with Crippen molar-refractivity contribution in [2.24, 2.45) is 0 Å². The fourth-order valence-corrected chi connectivity index (χ4v) is 1.99. The second-order valence-corrected chi connectivity index (χ2v) is 3.69. The number of hydrogen-bond donors (Lipinski definition) is 1. The summed E-state index contributed by atoms with van der Waals surface area (Å²) in [7, 11) is 1.24. The number of nitrogens with one attached hydrogen (secondary N) is 1. The Morgan fingerprint density at radius 2 is 2.07 bits per heavy atom. The molecule has 0 radical (unpaired) electrons. The molecule has 14 heavy (non-hydrogen) atoms. The highest BCUT2D eigenvalue weighted by atomic mass is 32.1. The van der Waals surface area contributed by atoms with Gasteiger partial charge in [0.25, 0.3) is 0 Å². The maximum atomic E-state index is 13.0. The Morgan fingerprint density at radius 1 is 1.43 bits per heavy atom. The number of hydrogen-bond acceptors (Lipinski definition) is 2. The zero-order valence-corrected chi connectivity index (χ0v) is 8.12. The molecule has 80 valence electrons. The lowest BCUT2D eigenvalue weighted by atomic mass is 10.1. The van der Waals surface area contributed by atoms with Gasteiger partial charge in [0.05, 0.1) is 0 Å². The van der Waals surface area contributed by atoms with Gasteiger partial charge in [0.15, 0.2) is 0 Å². The van der Waals surface area contributed by atoms with Crippen LogP contribution in [0.25, 0.3) is 0 Å². The van der Waals surface area contributed by atoms with Crippen LogP contribution in [0.3, 0.4) is 0 Å². The molecule has 1 aromatic rings. The van der Waals surface area contributed by atoms with Crippen molar-refractivity contribution >= 4 is 11.3 Å². The highest BCUT2D eigenvalue weighted by molar-refractivity contribution is 7.10. The third kappa shape index (κ3) is 2.06. The Labute approximate surface area is 82.7 Å². The molecule has 0 aliphatic heterocycles. The molecular formula is C8H9F4NS. The molecule has 1 nitrogen and oxygen atoms in total. The Bertz CT molecular complexity index is 273. The summed E-state index contributed by atoms with van der Waals surface area (Å²) in [4.78, 5) is 0.206. The van der Waals surface area contributed by atoms with Crippen molar-refractivity contribution in [1.82, 2.24) is 5.32 Å². The topological polar surface area (TPSA) is 12.0 Å². The minimum Gasteiger partial charge on any atom is -0.307 e. The van der Waals surface area contributed by atoms with E-state index in [1.807, 2.05) is 0 Å². The van der Waals surface area contributed by atoms with E-state index >= 15 is 0 Å². The van der Waals surface area contributed by atoms with E-state index in [9.17, 15) is 17.6 Å². The molecule has 0 bridgehead atoms. The predicted molar refractivity (Wildman–Crippen MR) is 47.1 cm³/mol. The van der Waals surface area contributed by atoms with Gasteiger partial charge < -0.3 is 5.32 Å². The Kier molecular flexibility index (Phi) is 3.49. The molecule has 0 saturated carbocycles. The molecule has 1 atom stereocenters. The molecule has 0 spiro atoms. The summed E-state index contributed by atoms with van der Waals surface area (Å²) in [5.74, 6) is -4.04. The van der Waals surface area contributed by atoms with Crippen LogP contribution in [0.1, 0.15) is 10.9 Å². The fourth-order valence-electron chi connectivity index (χ4n) is 1.11. The molecule has 1 heterocycles. The Balaban J connectivity index is 2.92. The zero-order valence-electron chi connectivity index (χ0n) is 7.31. The average Bonchev–Trinajstić information content (AvgIpc) is 2.57. The lowest BCUT2D eigenvalue weighted by Gasteiger charge is -2.24. The van der Waals surface area contributed by atoms with Gasteiger partial charge in [-0.2, -0.15) is 8.78 Å². The van der Waals surface area contributed by atoms with Gasteiger partial charge in [-0.1, -0.05) is 6.07 Å². The lowest BCUT2D eigenvalue weighted by molar-refractivity contribution is -0.149. The van der Waals surface area contributed by atoms with Gasteiger partial charge in [-0.05, 0) is 18.5 Å². The summed E-state index contributed by atoms with van der Waals surface area (Å²) in [6.45, 7) is 0. The number of thiophene rings is 1. The summed E-state index contributed by atoms with van der Waals surface area (Å²) in [6.07, 6.45) is -3.66. The highest BCUT2D eigenvalue weighted by Crippen LogP contribution is 2.37. The Morgan fingerprint density at radius 3 is 2.43 bits per heavy atom. The molecule has 0 aliphatic carbocycles. The summed E-state index contributed by atoms with van der Waals surface area (Å²) in [6, 6.07) is 1.33. The summed E-state index contributed by atoms with van der Waals surface area (Å²) in [5, 5.41) is 3.78. The molecule has 0 amide bonds. The summed E-state index contributed by atoms with van der Waals surface area (Å²) < 4.78 is 50.0. The fraction of sp³-hybridized carbons (Fsp3) is 0.500. The maximum absolute atomic E-state index is 13.0. The lowest BCUT2D eigenvalue weighted by Crippen LogP contribution is -2.40. The molecule has 0 aliphatic rings. The van der Waals surface area contributed by atoms with Gasteiger partial charge in [-0.15, -0.1) is 11.3 Å². The quantitative estimate of drug-likeness (QED) is 0.780. The maximum Gasteiger partial charge on any atom is 0.327 e. The van der Waals surface area contributed by atoms with Gasteiger partial charge in [0.2, 0.25) is 0 Å². The largest absolute Gasteiger partial charge is 0.327 e. The summed E-state index contributed by atoms with van der Waals surface area (Å²) in [5.41, 5.74) is 0. The standard InChI is InChI=1S/C8H9F4NS/c1-13-6(5-3-2-4-14-5)8(11,12)7(9)10/h2-4,6-7,13H,1H3. The van der Waals surface area contributed by atoms with Crippen molar-refractivity contribution in [3.8, 4) is 0 Å². The predicted octanol–water partition coefficient (Wildman–Crippen LogP) is 2.91. The van der Waals surface area contributed by atoms with Gasteiger partial charge in [0.1, 0.15) is 6.04 Å². The third-order valence-electron chi connectivity index (χ3n) is 1.79. The van der Waals surface area contributed by atoms with E-state index in [0.717, 1.165) is 11.3 Å². The van der Waals surface area contributed by atoms with Crippen LogP contribution in [0.5, 0.6) is 0 Å². The van der Waals surface area contributed by atoms with Gasteiger partial charge in [0, 0.05) is 4.88 Å². The van der Waals surface area contributed by atoms with Crippen LogP contribution >= 0.6 is 11.3 Å². The van der Waals surface area contributed by atoms with E-state index in [2.05, 4.69) is 5.32 Å². The van der Waals surface area contributed by atoms with Crippen molar-refractivity contribution in [2.45, 2.75) is 18.4 Å². The highest BCUT2D eigenvalue weighted by Gasteiger charge is 2.49. The van der Waals surface area contributed by atoms with E-state index in [1.165, 1.54) is 13.1 Å². The van der Waals surface area contributed by atoms with Crippen LogP contribution in [0, 0.1) is 0 Å². The van der Waals surface area contributed by atoms with Gasteiger partial charge >= 0.3 is 12.3 Å². The van der Waals surface area contributed by atoms with Crippen LogP contribution in [-0.4, -0.2) is 19.4 Å². The number of halogens is 4. The molecular weight excluding hydrogens is 218 g/mol. The normalized spacial score (nSPS) is 14.7. The van der Waals surface area contributed by atoms with Gasteiger partial charge in [-0.3, -0.25) is 0 Å². The van der Waals surface area contributed by atoms with Gasteiger partial charge in [-0.25, -0.2) is 8.78 Å². The first-order valence-electron chi connectivity index (χ1n) is 3.86. The van der Waals surface area contributed by atoms with E-state index < -0.39 is 18.4 Å². The molecule has 1 N–H and O–H groups in total. The SMILES string of the molecule is CNC(c1cccs1)C(F)(F)C(F)F. The van der Waals surface area contributed by atoms with Crippen LogP contribution in [-0.2, 0) is 0 Å². The van der Waals surface area contributed by atoms with E-state index in [1.54, 1.807) is 11.4 Å². The smallest absolute Gasteiger partial charge is 0.307 e. The molecule has 1 aromatic heterocycles. The van der Waals surface area contributed by atoms with Crippen molar-refractivity contribution in [3.63, 3.8) is 0 Å². The average molecular weight is 227 g/mol. The second-order valence-electron chi connectivity index (χ2n) is 2.71. The number of rotatable bonds is 4. The van der Waals surface area contributed by atoms with E-state index in [0.29, 0.717) is 0 Å². The van der Waals surface area contributed by atoms with Crippen LogP contribution in [0.15, 0.2) is 17.5 Å². The molecule has 1 rings (SSSR count). The Hall–Kier alpha value is -0.620. The number of alkyl halides is 4. The molecule has 0 saturated heterocycles. The minimum atomic E-state index is -4.04. The first-order chi connectivity index (χ1) is 6.50.